The maximum Gasteiger partial charge on any atom is 0.345 e. The second-order valence-corrected chi connectivity index (χ2v) is 8.26. The second-order valence-electron chi connectivity index (χ2n) is 8.26. The van der Waals surface area contributed by atoms with Crippen LogP contribution in [0, 0.1) is 6.92 Å². The van der Waals surface area contributed by atoms with Crippen LogP contribution in [0.2, 0.25) is 0 Å². The fourth-order valence-corrected chi connectivity index (χ4v) is 4.20. The Balaban J connectivity index is 1.73. The van der Waals surface area contributed by atoms with Crippen molar-refractivity contribution in [2.45, 2.75) is 33.6 Å². The number of benzene rings is 3. The van der Waals surface area contributed by atoms with Gasteiger partial charge in [0.25, 0.3) is 0 Å². The minimum atomic E-state index is -0.612. The summed E-state index contributed by atoms with van der Waals surface area (Å²) in [6, 6.07) is 21.6. The number of hydrogen-bond donors (Lipinski definition) is 1. The lowest BCUT2D eigenvalue weighted by Crippen LogP contribution is -2.16. The van der Waals surface area contributed by atoms with Gasteiger partial charge in [-0.1, -0.05) is 37.3 Å². The predicted octanol–water partition coefficient (Wildman–Crippen LogP) is 6.07. The van der Waals surface area contributed by atoms with E-state index in [0.29, 0.717) is 29.5 Å². The molecule has 0 unspecified atom stereocenters. The fraction of sp³-hybridized carbons (Fsp3) is 0.207. The monoisotopic (exact) mass is 484 g/mol. The van der Waals surface area contributed by atoms with E-state index in [9.17, 15) is 14.4 Å². The Morgan fingerprint density at radius 3 is 2.33 bits per heavy atom. The molecule has 0 aliphatic carbocycles. The van der Waals surface area contributed by atoms with E-state index in [-0.39, 0.29) is 23.8 Å². The first-order valence-electron chi connectivity index (χ1n) is 11.9. The first-order valence-corrected chi connectivity index (χ1v) is 11.9. The largest absolute Gasteiger partial charge is 0.462 e. The summed E-state index contributed by atoms with van der Waals surface area (Å²) in [6.07, 6.45) is 1.05. The molecule has 7 heteroatoms. The van der Waals surface area contributed by atoms with E-state index in [2.05, 4.69) is 5.32 Å². The standard InChI is InChI=1S/C29H28N2O5/c1-4-11-26(32)30-24-15-10-9-14-22(24)28(33)36-21-16-17-25-23(18-21)27(29(34)35-5-2)19(3)31(25)20-12-7-6-8-13-20/h6-10,12-18H,4-5,11H2,1-3H3,(H,30,32). The summed E-state index contributed by atoms with van der Waals surface area (Å²) < 4.78 is 13.0. The molecule has 1 amide bonds. The Kier molecular flexibility index (Phi) is 7.49. The average molecular weight is 485 g/mol. The third-order valence-electron chi connectivity index (χ3n) is 5.78. The predicted molar refractivity (Wildman–Crippen MR) is 139 cm³/mol. The molecule has 0 aliphatic heterocycles. The van der Waals surface area contributed by atoms with Crippen LogP contribution in [0.3, 0.4) is 0 Å². The number of amides is 1. The van der Waals surface area contributed by atoms with Crippen LogP contribution in [0.5, 0.6) is 5.75 Å². The van der Waals surface area contributed by atoms with Crippen molar-refractivity contribution < 1.29 is 23.9 Å². The van der Waals surface area contributed by atoms with Crippen LogP contribution >= 0.6 is 0 Å². The molecule has 0 spiro atoms. The number of carbonyl (C=O) groups excluding carboxylic acids is 3. The van der Waals surface area contributed by atoms with E-state index in [1.165, 1.54) is 0 Å². The van der Waals surface area contributed by atoms with Gasteiger partial charge in [-0.25, -0.2) is 9.59 Å². The number of esters is 2. The lowest BCUT2D eigenvalue weighted by atomic mass is 10.1. The molecule has 0 radical (unpaired) electrons. The number of nitrogens with one attached hydrogen (secondary N) is 1. The van der Waals surface area contributed by atoms with Crippen LogP contribution in [0.15, 0.2) is 72.8 Å². The molecule has 4 rings (SSSR count). The molecule has 7 nitrogen and oxygen atoms in total. The van der Waals surface area contributed by atoms with Gasteiger partial charge < -0.3 is 19.4 Å². The van der Waals surface area contributed by atoms with Gasteiger partial charge in [0.15, 0.2) is 0 Å². The number of hydrogen-bond acceptors (Lipinski definition) is 5. The number of nitrogens with zero attached hydrogens (tertiary/aromatic N) is 1. The highest BCUT2D eigenvalue weighted by molar-refractivity contribution is 6.07. The molecule has 36 heavy (non-hydrogen) atoms. The van der Waals surface area contributed by atoms with E-state index in [1.807, 2.05) is 54.8 Å². The van der Waals surface area contributed by atoms with Gasteiger partial charge in [0, 0.05) is 23.2 Å². The number of fused-ring (bicyclic) bond motifs is 1. The van der Waals surface area contributed by atoms with Gasteiger partial charge in [0.05, 0.1) is 28.9 Å². The summed E-state index contributed by atoms with van der Waals surface area (Å²) in [5, 5.41) is 3.39. The Morgan fingerprint density at radius 2 is 1.61 bits per heavy atom. The van der Waals surface area contributed by atoms with E-state index in [0.717, 1.165) is 16.9 Å². The summed E-state index contributed by atoms with van der Waals surface area (Å²) in [5.74, 6) is -0.949. The maximum absolute atomic E-state index is 13.1. The molecule has 0 atom stereocenters. The van der Waals surface area contributed by atoms with Gasteiger partial charge in [0.1, 0.15) is 5.75 Å². The molecule has 0 bridgehead atoms. The minimum absolute atomic E-state index is 0.170. The molecule has 0 saturated carbocycles. The van der Waals surface area contributed by atoms with Gasteiger partial charge in [0.2, 0.25) is 5.91 Å². The summed E-state index contributed by atoms with van der Waals surface area (Å²) >= 11 is 0. The Hall–Kier alpha value is -4.39. The van der Waals surface area contributed by atoms with Crippen molar-refractivity contribution in [3.8, 4) is 11.4 Å². The number of ether oxygens (including phenoxy) is 2. The van der Waals surface area contributed by atoms with Crippen molar-refractivity contribution in [3.63, 3.8) is 0 Å². The van der Waals surface area contributed by atoms with E-state index in [4.69, 9.17) is 9.47 Å². The Morgan fingerprint density at radius 1 is 0.889 bits per heavy atom. The zero-order valence-corrected chi connectivity index (χ0v) is 20.5. The molecule has 1 heterocycles. The highest BCUT2D eigenvalue weighted by Crippen LogP contribution is 2.33. The minimum Gasteiger partial charge on any atom is -0.462 e. The smallest absolute Gasteiger partial charge is 0.345 e. The molecular formula is C29H28N2O5. The molecule has 4 aromatic rings. The van der Waals surface area contributed by atoms with Crippen LogP contribution in [0.25, 0.3) is 16.6 Å². The van der Waals surface area contributed by atoms with Crippen molar-refractivity contribution in [3.05, 3.63) is 89.6 Å². The SMILES string of the molecule is CCCC(=O)Nc1ccccc1C(=O)Oc1ccc2c(c1)c(C(=O)OCC)c(C)n2-c1ccccc1. The van der Waals surface area contributed by atoms with E-state index >= 15 is 0 Å². The van der Waals surface area contributed by atoms with Crippen LogP contribution in [-0.4, -0.2) is 29.0 Å². The first-order chi connectivity index (χ1) is 17.4. The zero-order chi connectivity index (χ0) is 25.7. The molecule has 0 fully saturated rings. The Labute approximate surface area is 209 Å². The van der Waals surface area contributed by atoms with Gasteiger partial charge in [-0.2, -0.15) is 0 Å². The number of carbonyl (C=O) groups is 3. The number of para-hydroxylation sites is 2. The molecule has 3 aromatic carbocycles. The highest BCUT2D eigenvalue weighted by Gasteiger charge is 2.23. The summed E-state index contributed by atoms with van der Waals surface area (Å²) in [6.45, 7) is 5.77. The summed E-state index contributed by atoms with van der Waals surface area (Å²) in [5.41, 5.74) is 3.46. The van der Waals surface area contributed by atoms with E-state index in [1.54, 1.807) is 43.3 Å². The van der Waals surface area contributed by atoms with Crippen molar-refractivity contribution in [2.75, 3.05) is 11.9 Å². The zero-order valence-electron chi connectivity index (χ0n) is 20.5. The molecule has 184 valence electrons. The molecule has 1 aromatic heterocycles. The third kappa shape index (κ3) is 5.00. The van der Waals surface area contributed by atoms with Gasteiger partial charge >= 0.3 is 11.9 Å². The Bertz CT molecular complexity index is 1420. The van der Waals surface area contributed by atoms with Gasteiger partial charge in [-0.15, -0.1) is 0 Å². The summed E-state index contributed by atoms with van der Waals surface area (Å²) in [4.78, 5) is 38.0. The second kappa shape index (κ2) is 10.9. The maximum atomic E-state index is 13.1. The van der Waals surface area contributed by atoms with Gasteiger partial charge in [-0.3, -0.25) is 4.79 Å². The van der Waals surface area contributed by atoms with E-state index < -0.39 is 11.9 Å². The fourth-order valence-electron chi connectivity index (χ4n) is 4.20. The molecular weight excluding hydrogens is 456 g/mol. The molecule has 1 N–H and O–H groups in total. The highest BCUT2D eigenvalue weighted by atomic mass is 16.5. The lowest BCUT2D eigenvalue weighted by Gasteiger charge is -2.11. The van der Waals surface area contributed by atoms with Crippen molar-refractivity contribution in [1.82, 2.24) is 4.57 Å². The lowest BCUT2D eigenvalue weighted by molar-refractivity contribution is -0.116. The third-order valence-corrected chi connectivity index (χ3v) is 5.78. The molecule has 0 saturated heterocycles. The van der Waals surface area contributed by atoms with Crippen LogP contribution in [-0.2, 0) is 9.53 Å². The summed E-state index contributed by atoms with van der Waals surface area (Å²) in [7, 11) is 0. The first kappa shape index (κ1) is 24.7. The normalized spacial score (nSPS) is 10.8. The number of rotatable bonds is 8. The topological polar surface area (TPSA) is 86.6 Å². The van der Waals surface area contributed by atoms with Gasteiger partial charge in [-0.05, 0) is 62.7 Å². The number of anilines is 1. The molecule has 0 aliphatic rings. The average Bonchev–Trinajstić information content (AvgIpc) is 3.16. The quantitative estimate of drug-likeness (QED) is 0.242. The van der Waals surface area contributed by atoms with Crippen molar-refractivity contribution >= 4 is 34.4 Å². The van der Waals surface area contributed by atoms with Crippen LogP contribution in [0.1, 0.15) is 53.1 Å². The van der Waals surface area contributed by atoms with Crippen molar-refractivity contribution in [1.29, 1.82) is 0 Å². The van der Waals surface area contributed by atoms with Crippen LogP contribution in [0.4, 0.5) is 5.69 Å². The van der Waals surface area contributed by atoms with Crippen molar-refractivity contribution in [2.24, 2.45) is 0 Å². The number of aromatic nitrogens is 1. The van der Waals surface area contributed by atoms with Crippen LogP contribution < -0.4 is 10.1 Å².